The van der Waals surface area contributed by atoms with Crippen molar-refractivity contribution >= 4 is 5.97 Å². The van der Waals surface area contributed by atoms with Crippen LogP contribution in [0.1, 0.15) is 32.7 Å². The number of carboxylic acid groups (broad SMARTS) is 1. The molecule has 0 spiro atoms. The maximum absolute atomic E-state index is 13.8. The molecule has 0 atom stereocenters. The predicted octanol–water partition coefficient (Wildman–Crippen LogP) is 3.53. The number of halogens is 4. The molecule has 1 aromatic heterocycles. The molecule has 0 saturated carbocycles. The van der Waals surface area contributed by atoms with Crippen molar-refractivity contribution in [3.8, 4) is 11.9 Å². The number of carboxylic acids is 1. The second-order valence-electron chi connectivity index (χ2n) is 5.28. The summed E-state index contributed by atoms with van der Waals surface area (Å²) in [6.07, 6.45) is -4.66. The zero-order chi connectivity index (χ0) is 20.2. The first-order valence-corrected chi connectivity index (χ1v) is 7.32. The molecule has 6 nitrogen and oxygen atoms in total. The van der Waals surface area contributed by atoms with Crippen LogP contribution >= 0.6 is 0 Å². The first kappa shape index (κ1) is 20.1. The molecule has 142 valence electrons. The number of hydrogen-bond donors (Lipinski definition) is 1. The Morgan fingerprint density at radius 2 is 2.00 bits per heavy atom. The van der Waals surface area contributed by atoms with Crippen LogP contribution in [0.2, 0.25) is 0 Å². The van der Waals surface area contributed by atoms with Crippen molar-refractivity contribution in [2.24, 2.45) is 0 Å². The Balaban J connectivity index is 2.37. The van der Waals surface area contributed by atoms with Crippen molar-refractivity contribution in [2.75, 3.05) is 7.11 Å². The zero-order valence-corrected chi connectivity index (χ0v) is 13.8. The quantitative estimate of drug-likeness (QED) is 0.766. The van der Waals surface area contributed by atoms with Crippen LogP contribution in [0.25, 0.3) is 0 Å². The van der Waals surface area contributed by atoms with Crippen molar-refractivity contribution in [3.05, 3.63) is 58.0 Å². The van der Waals surface area contributed by atoms with Crippen molar-refractivity contribution in [2.45, 2.75) is 19.4 Å². The van der Waals surface area contributed by atoms with Gasteiger partial charge in [-0.2, -0.15) is 18.4 Å². The van der Waals surface area contributed by atoms with Crippen molar-refractivity contribution in [1.82, 2.24) is 4.98 Å². The molecule has 2 rings (SSSR count). The number of aromatic nitrogens is 1. The molecule has 0 aliphatic heterocycles. The molecule has 0 aliphatic rings. The third kappa shape index (κ3) is 4.71. The maximum atomic E-state index is 13.8. The number of pyridine rings is 1. The average Bonchev–Trinajstić information content (AvgIpc) is 2.60. The minimum absolute atomic E-state index is 0.0523. The van der Waals surface area contributed by atoms with Gasteiger partial charge in [-0.3, -0.25) is 0 Å². The largest absolute Gasteiger partial charge is 0.478 e. The molecule has 1 heterocycles. The van der Waals surface area contributed by atoms with E-state index >= 15 is 0 Å². The van der Waals surface area contributed by atoms with Crippen LogP contribution in [0.4, 0.5) is 17.6 Å². The van der Waals surface area contributed by atoms with E-state index in [2.05, 4.69) is 4.98 Å². The number of benzene rings is 1. The second-order valence-corrected chi connectivity index (χ2v) is 5.28. The van der Waals surface area contributed by atoms with Gasteiger partial charge in [0.05, 0.1) is 23.4 Å². The molecule has 27 heavy (non-hydrogen) atoms. The molecule has 0 fully saturated rings. The fraction of sp³-hybridized carbons (Fsp3) is 0.235. The molecule has 0 aliphatic carbocycles. The predicted molar refractivity (Wildman–Crippen MR) is 82.4 cm³/mol. The van der Waals surface area contributed by atoms with Crippen LogP contribution < -0.4 is 4.74 Å². The number of methoxy groups -OCH3 is 1. The Hall–Kier alpha value is -3.19. The normalized spacial score (nSPS) is 11.1. The molecule has 0 radical (unpaired) electrons. The summed E-state index contributed by atoms with van der Waals surface area (Å²) in [5.74, 6) is -2.62. The molecule has 2 aromatic rings. The second kappa shape index (κ2) is 8.01. The van der Waals surface area contributed by atoms with Crippen LogP contribution in [0.5, 0.6) is 5.88 Å². The zero-order valence-electron chi connectivity index (χ0n) is 13.8. The lowest BCUT2D eigenvalue weighted by molar-refractivity contribution is -0.137. The molecular formula is C17H12F4N2O4. The monoisotopic (exact) mass is 384 g/mol. The highest BCUT2D eigenvalue weighted by molar-refractivity contribution is 5.89. The molecule has 0 saturated heterocycles. The summed E-state index contributed by atoms with van der Waals surface area (Å²) in [6.45, 7) is -0.849. The summed E-state index contributed by atoms with van der Waals surface area (Å²) in [5.41, 5.74) is -2.06. The van der Waals surface area contributed by atoms with Crippen molar-refractivity contribution in [1.29, 1.82) is 5.26 Å². The maximum Gasteiger partial charge on any atom is 0.416 e. The van der Waals surface area contributed by atoms with Gasteiger partial charge in [-0.25, -0.2) is 14.2 Å². The smallest absolute Gasteiger partial charge is 0.416 e. The topological polar surface area (TPSA) is 92.4 Å². The third-order valence-electron chi connectivity index (χ3n) is 3.44. The fourth-order valence-electron chi connectivity index (χ4n) is 2.16. The molecule has 10 heteroatoms. The van der Waals surface area contributed by atoms with Crippen LogP contribution in [0.3, 0.4) is 0 Å². The lowest BCUT2D eigenvalue weighted by Gasteiger charge is -2.13. The SMILES string of the molecule is COCc1nc(OCc2cc(C(F)(F)F)ccc2F)c(C#N)cc1C(=O)O. The Bertz CT molecular complexity index is 907. The summed E-state index contributed by atoms with van der Waals surface area (Å²) in [5, 5.41) is 18.3. The van der Waals surface area contributed by atoms with Gasteiger partial charge in [-0.1, -0.05) is 0 Å². The van der Waals surface area contributed by atoms with E-state index < -0.39 is 35.7 Å². The van der Waals surface area contributed by atoms with Gasteiger partial charge in [-0.05, 0) is 24.3 Å². The Morgan fingerprint density at radius 3 is 2.56 bits per heavy atom. The number of aromatic carboxylic acids is 1. The van der Waals surface area contributed by atoms with Crippen molar-refractivity contribution in [3.63, 3.8) is 0 Å². The van der Waals surface area contributed by atoms with Gasteiger partial charge in [0.15, 0.2) is 0 Å². The first-order chi connectivity index (χ1) is 12.7. The Kier molecular flexibility index (Phi) is 5.97. The molecule has 0 amide bonds. The van der Waals surface area contributed by atoms with Crippen molar-refractivity contribution < 1.29 is 36.9 Å². The van der Waals surface area contributed by atoms with E-state index in [4.69, 9.17) is 19.8 Å². The summed E-state index contributed by atoms with van der Waals surface area (Å²) in [6, 6.07) is 4.52. The number of hydrogen-bond acceptors (Lipinski definition) is 5. The highest BCUT2D eigenvalue weighted by Gasteiger charge is 2.31. The molecule has 1 aromatic carbocycles. The van der Waals surface area contributed by atoms with Gasteiger partial charge in [0.1, 0.15) is 24.1 Å². The number of alkyl halides is 3. The highest BCUT2D eigenvalue weighted by Crippen LogP contribution is 2.31. The number of nitrogens with zero attached hydrogens (tertiary/aromatic N) is 2. The van der Waals surface area contributed by atoms with Gasteiger partial charge >= 0.3 is 12.1 Å². The number of rotatable bonds is 6. The lowest BCUT2D eigenvalue weighted by Crippen LogP contribution is -2.11. The summed E-state index contributed by atoms with van der Waals surface area (Å²) in [7, 11) is 1.30. The number of carbonyl (C=O) groups is 1. The number of nitriles is 1. The minimum Gasteiger partial charge on any atom is -0.478 e. The Morgan fingerprint density at radius 1 is 1.30 bits per heavy atom. The Labute approximate surface area is 150 Å². The summed E-state index contributed by atoms with van der Waals surface area (Å²) in [4.78, 5) is 15.1. The van der Waals surface area contributed by atoms with E-state index in [9.17, 15) is 22.4 Å². The van der Waals surface area contributed by atoms with Gasteiger partial charge in [0.25, 0.3) is 0 Å². The van der Waals surface area contributed by atoms with E-state index in [1.165, 1.54) is 7.11 Å². The number of ether oxygens (including phenoxy) is 2. The van der Waals surface area contributed by atoms with Crippen LogP contribution in [0.15, 0.2) is 24.3 Å². The highest BCUT2D eigenvalue weighted by atomic mass is 19.4. The van der Waals surface area contributed by atoms with Crippen LogP contribution in [-0.4, -0.2) is 23.2 Å². The van der Waals surface area contributed by atoms with E-state index in [0.29, 0.717) is 18.2 Å². The van der Waals surface area contributed by atoms with E-state index in [1.54, 1.807) is 6.07 Å². The van der Waals surface area contributed by atoms with Gasteiger partial charge < -0.3 is 14.6 Å². The van der Waals surface area contributed by atoms with Crippen LogP contribution in [-0.2, 0) is 24.1 Å². The van der Waals surface area contributed by atoms with E-state index in [-0.39, 0.29) is 29.3 Å². The lowest BCUT2D eigenvalue weighted by atomic mass is 10.1. The van der Waals surface area contributed by atoms with E-state index in [1.807, 2.05) is 0 Å². The molecule has 0 unspecified atom stereocenters. The van der Waals surface area contributed by atoms with Gasteiger partial charge in [-0.15, -0.1) is 0 Å². The first-order valence-electron chi connectivity index (χ1n) is 7.32. The third-order valence-corrected chi connectivity index (χ3v) is 3.44. The average molecular weight is 384 g/mol. The molecular weight excluding hydrogens is 372 g/mol. The summed E-state index contributed by atoms with van der Waals surface area (Å²) < 4.78 is 62.1. The van der Waals surface area contributed by atoms with Gasteiger partial charge in [0.2, 0.25) is 5.88 Å². The standard InChI is InChI=1S/C17H12F4N2O4/c1-26-8-14-12(16(24)25)5-9(6-22)15(23-14)27-7-10-4-11(17(19,20)21)2-3-13(10)18/h2-5H,7-8H2,1H3,(H,24,25). The summed E-state index contributed by atoms with van der Waals surface area (Å²) >= 11 is 0. The van der Waals surface area contributed by atoms with E-state index in [0.717, 1.165) is 6.07 Å². The molecule has 0 bridgehead atoms. The minimum atomic E-state index is -4.66. The fourth-order valence-corrected chi connectivity index (χ4v) is 2.16. The van der Waals surface area contributed by atoms with Gasteiger partial charge in [0, 0.05) is 12.7 Å². The molecule has 1 N–H and O–H groups in total. The van der Waals surface area contributed by atoms with Crippen LogP contribution in [0, 0.1) is 17.1 Å².